The lowest BCUT2D eigenvalue weighted by atomic mass is 9.99. The predicted octanol–water partition coefficient (Wildman–Crippen LogP) is 1.73. The van der Waals surface area contributed by atoms with Crippen molar-refractivity contribution in [1.29, 1.82) is 0 Å². The first kappa shape index (κ1) is 15.2. The molecule has 1 saturated heterocycles. The molecule has 2 unspecified atom stereocenters. The number of aliphatic hydroxyl groups excluding tert-OH is 1. The van der Waals surface area contributed by atoms with Crippen LogP contribution >= 0.6 is 0 Å². The molecule has 1 aromatic carbocycles. The number of esters is 1. The molecule has 5 nitrogen and oxygen atoms in total. The summed E-state index contributed by atoms with van der Waals surface area (Å²) in [4.78, 5) is 15.2. The van der Waals surface area contributed by atoms with Gasteiger partial charge in [0.15, 0.2) is 6.29 Å². The molecule has 5 heteroatoms. The average molecular weight is 303 g/mol. The molecule has 2 heterocycles. The predicted molar refractivity (Wildman–Crippen MR) is 81.6 cm³/mol. The Hall–Kier alpha value is -1.72. The van der Waals surface area contributed by atoms with E-state index < -0.39 is 6.29 Å². The van der Waals surface area contributed by atoms with Gasteiger partial charge in [0.2, 0.25) is 0 Å². The fourth-order valence-corrected chi connectivity index (χ4v) is 2.63. The van der Waals surface area contributed by atoms with Crippen LogP contribution < -0.4 is 0 Å². The number of hydrogen-bond donors (Lipinski definition) is 1. The highest BCUT2D eigenvalue weighted by atomic mass is 16.6. The summed E-state index contributed by atoms with van der Waals surface area (Å²) in [5.74, 6) is -0.420. The molecule has 3 atom stereocenters. The summed E-state index contributed by atoms with van der Waals surface area (Å²) in [6.07, 6.45) is 3.19. The molecule has 3 rings (SSSR count). The normalized spacial score (nSPS) is 24.2. The lowest BCUT2D eigenvalue weighted by molar-refractivity contribution is -0.168. The van der Waals surface area contributed by atoms with Crippen molar-refractivity contribution in [2.45, 2.75) is 38.0 Å². The highest BCUT2D eigenvalue weighted by Gasteiger charge is 2.49. The number of carbonyl (C=O) groups excluding carboxylic acids is 1. The van der Waals surface area contributed by atoms with Crippen molar-refractivity contribution in [3.05, 3.63) is 35.9 Å². The van der Waals surface area contributed by atoms with E-state index in [0.29, 0.717) is 18.9 Å². The summed E-state index contributed by atoms with van der Waals surface area (Å²) in [6.45, 7) is 0.916. The van der Waals surface area contributed by atoms with E-state index in [9.17, 15) is 9.90 Å². The first-order valence-electron chi connectivity index (χ1n) is 7.83. The van der Waals surface area contributed by atoms with Crippen LogP contribution in [0.2, 0.25) is 0 Å². The lowest BCUT2D eigenvalue weighted by Gasteiger charge is -2.23. The van der Waals surface area contributed by atoms with E-state index in [4.69, 9.17) is 9.47 Å². The Labute approximate surface area is 130 Å². The van der Waals surface area contributed by atoms with Crippen molar-refractivity contribution in [1.82, 2.24) is 0 Å². The molecule has 2 aliphatic rings. The Morgan fingerprint density at radius 2 is 2.09 bits per heavy atom. The zero-order valence-electron chi connectivity index (χ0n) is 12.5. The van der Waals surface area contributed by atoms with Crippen molar-refractivity contribution in [3.63, 3.8) is 0 Å². The van der Waals surface area contributed by atoms with Gasteiger partial charge in [-0.05, 0) is 24.8 Å². The maximum Gasteiger partial charge on any atom is 0.315 e. The van der Waals surface area contributed by atoms with Crippen LogP contribution in [0.5, 0.6) is 0 Å². The van der Waals surface area contributed by atoms with Crippen molar-refractivity contribution in [2.75, 3.05) is 13.2 Å². The summed E-state index contributed by atoms with van der Waals surface area (Å²) in [5.41, 5.74) is 1.94. The lowest BCUT2D eigenvalue weighted by Crippen LogP contribution is -2.41. The van der Waals surface area contributed by atoms with Gasteiger partial charge in [-0.1, -0.05) is 36.8 Å². The van der Waals surface area contributed by atoms with Gasteiger partial charge in [0.1, 0.15) is 18.6 Å². The van der Waals surface area contributed by atoms with Crippen LogP contribution in [0.25, 0.3) is 0 Å². The molecule has 1 N–H and O–H groups in total. The molecular formula is C17H21NO4. The van der Waals surface area contributed by atoms with E-state index in [-0.39, 0.29) is 17.9 Å². The third kappa shape index (κ3) is 3.72. The van der Waals surface area contributed by atoms with E-state index >= 15 is 0 Å². The number of aliphatic imine (C=N–C) groups is 1. The molecular weight excluding hydrogens is 282 g/mol. The molecule has 0 aliphatic carbocycles. The topological polar surface area (TPSA) is 68.1 Å². The van der Waals surface area contributed by atoms with Crippen molar-refractivity contribution >= 4 is 11.7 Å². The third-order valence-electron chi connectivity index (χ3n) is 4.09. The number of carbonyl (C=O) groups is 1. The molecule has 22 heavy (non-hydrogen) atoms. The summed E-state index contributed by atoms with van der Waals surface area (Å²) in [7, 11) is 0. The summed E-state index contributed by atoms with van der Waals surface area (Å²) in [6, 6.07) is 10.2. The second kappa shape index (κ2) is 7.03. The van der Waals surface area contributed by atoms with Gasteiger partial charge in [-0.15, -0.1) is 0 Å². The second-order valence-electron chi connectivity index (χ2n) is 5.75. The molecule has 1 aromatic rings. The van der Waals surface area contributed by atoms with Gasteiger partial charge in [0.25, 0.3) is 0 Å². The van der Waals surface area contributed by atoms with E-state index in [2.05, 4.69) is 29.3 Å². The van der Waals surface area contributed by atoms with Crippen LogP contribution in [-0.2, 0) is 20.7 Å². The van der Waals surface area contributed by atoms with Crippen LogP contribution in [0.4, 0.5) is 0 Å². The Kier molecular flexibility index (Phi) is 4.85. The Balaban J connectivity index is 1.23. The van der Waals surface area contributed by atoms with Gasteiger partial charge in [-0.25, -0.2) is 0 Å². The van der Waals surface area contributed by atoms with E-state index in [0.717, 1.165) is 25.7 Å². The standard InChI is InChI=1S/C17H21NO4/c19-16-13(11-22-16)14-15(18-14)17(20)21-10-6-2-5-9-12-7-3-1-4-8-12/h1,3-4,7-8,13-14,17,20H,2,5-6,9-11H2/t13-,14?,17?/m1/s1. The van der Waals surface area contributed by atoms with E-state index in [1.54, 1.807) is 0 Å². The molecule has 0 spiro atoms. The highest BCUT2D eigenvalue weighted by Crippen LogP contribution is 2.30. The minimum absolute atomic E-state index is 0.186. The van der Waals surface area contributed by atoms with Gasteiger partial charge in [0, 0.05) is 0 Å². The summed E-state index contributed by atoms with van der Waals surface area (Å²) in [5, 5.41) is 9.84. The van der Waals surface area contributed by atoms with Crippen molar-refractivity contribution in [3.8, 4) is 0 Å². The van der Waals surface area contributed by atoms with Crippen LogP contribution in [0.15, 0.2) is 35.3 Å². The highest BCUT2D eigenvalue weighted by molar-refractivity contribution is 6.06. The largest absolute Gasteiger partial charge is 0.464 e. The SMILES string of the molecule is O=C1OC[C@@H]1C1N=C1C(O)OCCCCCc1ccccc1. The minimum atomic E-state index is -0.965. The monoisotopic (exact) mass is 303 g/mol. The second-order valence-corrected chi connectivity index (χ2v) is 5.75. The number of ether oxygens (including phenoxy) is 2. The molecule has 0 bridgehead atoms. The van der Waals surface area contributed by atoms with Gasteiger partial charge in [0.05, 0.1) is 12.3 Å². The van der Waals surface area contributed by atoms with Crippen molar-refractivity contribution < 1.29 is 19.4 Å². The number of aryl methyl sites for hydroxylation is 1. The minimum Gasteiger partial charge on any atom is -0.464 e. The zero-order valence-corrected chi connectivity index (χ0v) is 12.5. The maximum atomic E-state index is 11.1. The molecule has 0 aromatic heterocycles. The fraction of sp³-hybridized carbons (Fsp3) is 0.529. The third-order valence-corrected chi connectivity index (χ3v) is 4.09. The number of nitrogens with zero attached hydrogens (tertiary/aromatic N) is 1. The number of unbranched alkanes of at least 4 members (excludes halogenated alkanes) is 2. The number of aliphatic hydroxyl groups is 1. The molecule has 0 amide bonds. The van der Waals surface area contributed by atoms with Gasteiger partial charge in [-0.2, -0.15) is 0 Å². The van der Waals surface area contributed by atoms with Crippen LogP contribution in [0.3, 0.4) is 0 Å². The maximum absolute atomic E-state index is 11.1. The first-order valence-corrected chi connectivity index (χ1v) is 7.83. The van der Waals surface area contributed by atoms with Crippen LogP contribution in [0.1, 0.15) is 24.8 Å². The molecule has 118 valence electrons. The van der Waals surface area contributed by atoms with Crippen LogP contribution in [0, 0.1) is 5.92 Å². The molecule has 0 saturated carbocycles. The van der Waals surface area contributed by atoms with Crippen LogP contribution in [-0.4, -0.2) is 42.3 Å². The first-order chi connectivity index (χ1) is 10.8. The Morgan fingerprint density at radius 1 is 1.27 bits per heavy atom. The Bertz CT molecular complexity index is 543. The van der Waals surface area contributed by atoms with Gasteiger partial charge in [-0.3, -0.25) is 9.79 Å². The average Bonchev–Trinajstić information content (AvgIpc) is 3.30. The number of cyclic esters (lactones) is 1. The molecule has 2 aliphatic heterocycles. The fourth-order valence-electron chi connectivity index (χ4n) is 2.63. The summed E-state index contributed by atoms with van der Waals surface area (Å²) < 4.78 is 10.1. The zero-order chi connectivity index (χ0) is 15.4. The number of benzene rings is 1. The number of hydrogen-bond acceptors (Lipinski definition) is 5. The Morgan fingerprint density at radius 3 is 2.77 bits per heavy atom. The number of rotatable bonds is 9. The van der Waals surface area contributed by atoms with Gasteiger partial charge < -0.3 is 14.6 Å². The van der Waals surface area contributed by atoms with E-state index in [1.165, 1.54) is 5.56 Å². The quantitative estimate of drug-likeness (QED) is 0.428. The van der Waals surface area contributed by atoms with Gasteiger partial charge >= 0.3 is 5.97 Å². The smallest absolute Gasteiger partial charge is 0.315 e. The summed E-state index contributed by atoms with van der Waals surface area (Å²) >= 11 is 0. The molecule has 1 fully saturated rings. The van der Waals surface area contributed by atoms with Crippen molar-refractivity contribution in [2.24, 2.45) is 10.9 Å². The van der Waals surface area contributed by atoms with E-state index in [1.807, 2.05) is 6.07 Å². The molecule has 0 radical (unpaired) electrons.